The SMILES string of the molecule is CCOC(=O)CN(C(=O)OC(C)(C)C)C1CN(C(=O)OC(C)(C)C)CC1SC. The van der Waals surface area contributed by atoms with Crippen LogP contribution in [0.5, 0.6) is 0 Å². The number of esters is 1. The summed E-state index contributed by atoms with van der Waals surface area (Å²) in [7, 11) is 0. The van der Waals surface area contributed by atoms with Gasteiger partial charge < -0.3 is 19.1 Å². The van der Waals surface area contributed by atoms with E-state index in [1.54, 1.807) is 53.4 Å². The number of hydrogen-bond donors (Lipinski definition) is 0. The van der Waals surface area contributed by atoms with Crippen molar-refractivity contribution in [2.75, 3.05) is 32.5 Å². The predicted octanol–water partition coefficient (Wildman–Crippen LogP) is 3.14. The van der Waals surface area contributed by atoms with Crippen LogP contribution >= 0.6 is 11.8 Å². The fourth-order valence-corrected chi connectivity index (χ4v) is 3.62. The molecule has 0 radical (unpaired) electrons. The molecule has 1 aliphatic heterocycles. The number of amides is 2. The minimum absolute atomic E-state index is 0.0746. The summed E-state index contributed by atoms with van der Waals surface area (Å²) >= 11 is 1.53. The fraction of sp³-hybridized carbons (Fsp3) is 0.842. The van der Waals surface area contributed by atoms with Gasteiger partial charge in [0, 0.05) is 18.3 Å². The van der Waals surface area contributed by atoms with Crippen LogP contribution in [0.1, 0.15) is 48.5 Å². The zero-order valence-electron chi connectivity index (χ0n) is 18.2. The van der Waals surface area contributed by atoms with Gasteiger partial charge in [-0.3, -0.25) is 9.69 Å². The van der Waals surface area contributed by atoms with Crippen molar-refractivity contribution in [3.63, 3.8) is 0 Å². The summed E-state index contributed by atoms with van der Waals surface area (Å²) in [5, 5.41) is -0.0746. The first-order chi connectivity index (χ1) is 12.8. The predicted molar refractivity (Wildman–Crippen MR) is 108 cm³/mol. The molecule has 0 saturated carbocycles. The van der Waals surface area contributed by atoms with E-state index in [4.69, 9.17) is 14.2 Å². The van der Waals surface area contributed by atoms with Gasteiger partial charge >= 0.3 is 18.2 Å². The molecule has 0 N–H and O–H groups in total. The van der Waals surface area contributed by atoms with Gasteiger partial charge in [0.25, 0.3) is 0 Å². The summed E-state index contributed by atoms with van der Waals surface area (Å²) in [4.78, 5) is 40.3. The van der Waals surface area contributed by atoms with E-state index in [0.717, 1.165) is 0 Å². The maximum absolute atomic E-state index is 12.8. The van der Waals surface area contributed by atoms with E-state index in [2.05, 4.69) is 0 Å². The van der Waals surface area contributed by atoms with Crippen molar-refractivity contribution in [3.8, 4) is 0 Å². The van der Waals surface area contributed by atoms with Crippen LogP contribution < -0.4 is 0 Å². The van der Waals surface area contributed by atoms with Crippen LogP contribution in [0.2, 0.25) is 0 Å². The Morgan fingerprint density at radius 1 is 1.04 bits per heavy atom. The topological polar surface area (TPSA) is 85.4 Å². The Labute approximate surface area is 172 Å². The molecule has 8 nitrogen and oxygen atoms in total. The third-order valence-corrected chi connectivity index (χ3v) is 4.89. The molecule has 0 aromatic carbocycles. The highest BCUT2D eigenvalue weighted by Gasteiger charge is 2.43. The molecule has 9 heteroatoms. The molecule has 0 aliphatic carbocycles. The van der Waals surface area contributed by atoms with Gasteiger partial charge in [-0.1, -0.05) is 0 Å². The van der Waals surface area contributed by atoms with Crippen LogP contribution in [-0.2, 0) is 19.0 Å². The largest absolute Gasteiger partial charge is 0.465 e. The standard InChI is InChI=1S/C19H34N2O6S/c1-9-25-15(22)12-21(17(24)27-19(5,6)7)13-10-20(11-14(13)28-8)16(23)26-18(2,3)4/h13-14H,9-12H2,1-8H3. The van der Waals surface area contributed by atoms with Crippen molar-refractivity contribution in [3.05, 3.63) is 0 Å². The average molecular weight is 419 g/mol. The van der Waals surface area contributed by atoms with Gasteiger partial charge in [-0.15, -0.1) is 0 Å². The number of thioether (sulfide) groups is 1. The maximum Gasteiger partial charge on any atom is 0.411 e. The Kier molecular flexibility index (Phi) is 8.46. The Bertz CT molecular complexity index is 570. The summed E-state index contributed by atoms with van der Waals surface area (Å²) in [5.41, 5.74) is -1.32. The number of rotatable bonds is 5. The minimum atomic E-state index is -0.706. The highest BCUT2D eigenvalue weighted by Crippen LogP contribution is 2.28. The van der Waals surface area contributed by atoms with Gasteiger partial charge in [-0.25, -0.2) is 9.59 Å². The molecule has 1 aliphatic rings. The molecule has 1 saturated heterocycles. The zero-order chi connectivity index (χ0) is 21.7. The molecule has 0 bridgehead atoms. The molecule has 1 heterocycles. The summed E-state index contributed by atoms with van der Waals surface area (Å²) in [6, 6.07) is -0.387. The molecule has 0 aromatic rings. The van der Waals surface area contributed by atoms with Crippen molar-refractivity contribution >= 4 is 29.9 Å². The number of carbonyl (C=O) groups is 3. The van der Waals surface area contributed by atoms with Crippen LogP contribution in [-0.4, -0.2) is 82.9 Å². The molecule has 1 fully saturated rings. The Hall–Kier alpha value is -1.64. The van der Waals surface area contributed by atoms with Crippen LogP contribution in [0, 0.1) is 0 Å². The summed E-state index contributed by atoms with van der Waals surface area (Å²) < 4.78 is 16.0. The van der Waals surface area contributed by atoms with Gasteiger partial charge in [0.05, 0.1) is 12.6 Å². The second-order valence-electron chi connectivity index (χ2n) is 8.64. The van der Waals surface area contributed by atoms with Crippen molar-refractivity contribution in [1.29, 1.82) is 0 Å². The Balaban J connectivity index is 3.03. The fourth-order valence-electron chi connectivity index (χ4n) is 2.75. The number of hydrogen-bond acceptors (Lipinski definition) is 7. The Morgan fingerprint density at radius 2 is 1.61 bits per heavy atom. The van der Waals surface area contributed by atoms with Gasteiger partial charge in [-0.2, -0.15) is 11.8 Å². The van der Waals surface area contributed by atoms with Gasteiger partial charge in [0.1, 0.15) is 17.7 Å². The van der Waals surface area contributed by atoms with Gasteiger partial charge in [0.2, 0.25) is 0 Å². The first kappa shape index (κ1) is 24.4. The van der Waals surface area contributed by atoms with E-state index in [1.807, 2.05) is 6.26 Å². The van der Waals surface area contributed by atoms with Crippen LogP contribution in [0.25, 0.3) is 0 Å². The van der Waals surface area contributed by atoms with E-state index in [1.165, 1.54) is 16.7 Å². The molecule has 2 amide bonds. The number of carbonyl (C=O) groups excluding carboxylic acids is 3. The molecule has 162 valence electrons. The first-order valence-corrected chi connectivity index (χ1v) is 10.7. The van der Waals surface area contributed by atoms with Gasteiger partial charge in [-0.05, 0) is 54.7 Å². The molecule has 0 aromatic heterocycles. The number of ether oxygens (including phenoxy) is 3. The normalized spacial score (nSPS) is 19.9. The van der Waals surface area contributed by atoms with Crippen LogP contribution in [0.3, 0.4) is 0 Å². The number of nitrogens with zero attached hydrogens (tertiary/aromatic N) is 2. The lowest BCUT2D eigenvalue weighted by Gasteiger charge is -2.33. The van der Waals surface area contributed by atoms with Crippen molar-refractivity contribution < 1.29 is 28.6 Å². The Morgan fingerprint density at radius 3 is 2.07 bits per heavy atom. The molecular formula is C19H34N2O6S. The van der Waals surface area contributed by atoms with E-state index >= 15 is 0 Å². The molecule has 2 unspecified atom stereocenters. The third-order valence-electron chi connectivity index (χ3n) is 3.82. The molecule has 2 atom stereocenters. The van der Waals surface area contributed by atoms with Crippen LogP contribution in [0.4, 0.5) is 9.59 Å². The zero-order valence-corrected chi connectivity index (χ0v) is 19.1. The quantitative estimate of drug-likeness (QED) is 0.501. The number of likely N-dealkylation sites (tertiary alicyclic amines) is 1. The smallest absolute Gasteiger partial charge is 0.411 e. The summed E-state index contributed by atoms with van der Waals surface area (Å²) in [5.74, 6) is -0.510. The molecule has 0 spiro atoms. The van der Waals surface area contributed by atoms with E-state index in [-0.39, 0.29) is 31.0 Å². The second-order valence-corrected chi connectivity index (χ2v) is 9.72. The van der Waals surface area contributed by atoms with Crippen LogP contribution in [0.15, 0.2) is 0 Å². The third kappa shape index (κ3) is 7.77. The molecule has 1 rings (SSSR count). The summed E-state index contributed by atoms with van der Waals surface area (Å²) in [6.45, 7) is 13.1. The van der Waals surface area contributed by atoms with E-state index < -0.39 is 29.4 Å². The van der Waals surface area contributed by atoms with E-state index in [9.17, 15) is 14.4 Å². The monoisotopic (exact) mass is 418 g/mol. The second kappa shape index (κ2) is 9.71. The molecular weight excluding hydrogens is 384 g/mol. The maximum atomic E-state index is 12.8. The van der Waals surface area contributed by atoms with Crippen molar-refractivity contribution in [2.45, 2.75) is 71.0 Å². The first-order valence-electron chi connectivity index (χ1n) is 9.43. The lowest BCUT2D eigenvalue weighted by atomic mass is 10.2. The highest BCUT2D eigenvalue weighted by atomic mass is 32.2. The lowest BCUT2D eigenvalue weighted by Crippen LogP contribution is -2.50. The average Bonchev–Trinajstić information content (AvgIpc) is 2.93. The highest BCUT2D eigenvalue weighted by molar-refractivity contribution is 7.99. The minimum Gasteiger partial charge on any atom is -0.465 e. The van der Waals surface area contributed by atoms with E-state index in [0.29, 0.717) is 6.54 Å². The molecule has 28 heavy (non-hydrogen) atoms. The lowest BCUT2D eigenvalue weighted by molar-refractivity contribution is -0.144. The van der Waals surface area contributed by atoms with Crippen molar-refractivity contribution in [1.82, 2.24) is 9.80 Å². The van der Waals surface area contributed by atoms with Gasteiger partial charge in [0.15, 0.2) is 0 Å². The summed E-state index contributed by atoms with van der Waals surface area (Å²) in [6.07, 6.45) is 0.874. The van der Waals surface area contributed by atoms with Crippen molar-refractivity contribution in [2.24, 2.45) is 0 Å².